The number of benzene rings is 1. The quantitative estimate of drug-likeness (QED) is 0.503. The van der Waals surface area contributed by atoms with Crippen LogP contribution >= 0.6 is 24.0 Å². The number of hydrogen-bond donors (Lipinski definition) is 2. The number of hydrazone groups is 1. The molecule has 0 aliphatic heterocycles. The van der Waals surface area contributed by atoms with Gasteiger partial charge in [-0.3, -0.25) is 10.2 Å². The van der Waals surface area contributed by atoms with E-state index in [1.54, 1.807) is 25.2 Å². The van der Waals surface area contributed by atoms with Gasteiger partial charge < -0.3 is 9.67 Å². The van der Waals surface area contributed by atoms with Crippen molar-refractivity contribution >= 4 is 45.4 Å². The fourth-order valence-corrected chi connectivity index (χ4v) is 2.01. The van der Waals surface area contributed by atoms with Crippen molar-refractivity contribution in [2.24, 2.45) is 12.1 Å². The van der Waals surface area contributed by atoms with Gasteiger partial charge in [-0.2, -0.15) is 5.10 Å². The number of aromatic nitrogens is 1. The number of nitrogens with one attached hydrogen (secondary N) is 1. The second-order valence-electron chi connectivity index (χ2n) is 4.01. The van der Waals surface area contributed by atoms with Crippen molar-refractivity contribution in [2.75, 3.05) is 6.26 Å². The van der Waals surface area contributed by atoms with Crippen molar-refractivity contribution in [1.82, 2.24) is 9.99 Å². The molecule has 0 bridgehead atoms. The zero-order chi connectivity index (χ0) is 14.7. The number of fused-ring (bicyclic) bond motifs is 1. The summed E-state index contributed by atoms with van der Waals surface area (Å²) in [4.78, 5) is 12.2. The number of pyridine rings is 1. The maximum Gasteiger partial charge on any atom is 0.263 e. The minimum absolute atomic E-state index is 0.0793. The summed E-state index contributed by atoms with van der Waals surface area (Å²) in [5, 5.41) is 14.7. The van der Waals surface area contributed by atoms with E-state index in [4.69, 9.17) is 12.2 Å². The molecule has 2 N–H and O–H groups in total. The number of para-hydroxylation sites is 1. The van der Waals surface area contributed by atoms with Crippen LogP contribution in [0.25, 0.3) is 10.9 Å². The molecule has 0 unspecified atom stereocenters. The lowest BCUT2D eigenvalue weighted by atomic mass is 10.1. The highest BCUT2D eigenvalue weighted by molar-refractivity contribution is 8.22. The highest BCUT2D eigenvalue weighted by atomic mass is 32.2. The lowest BCUT2D eigenvalue weighted by molar-refractivity contribution is 0.478. The van der Waals surface area contributed by atoms with Gasteiger partial charge in [0.1, 0.15) is 11.3 Å². The largest absolute Gasteiger partial charge is 0.506 e. The second-order valence-corrected chi connectivity index (χ2v) is 5.49. The smallest absolute Gasteiger partial charge is 0.263 e. The summed E-state index contributed by atoms with van der Waals surface area (Å²) in [6.45, 7) is 0. The molecule has 0 atom stereocenters. The molecule has 1 heterocycles. The van der Waals surface area contributed by atoms with Crippen LogP contribution in [-0.4, -0.2) is 26.5 Å². The van der Waals surface area contributed by atoms with Gasteiger partial charge >= 0.3 is 0 Å². The van der Waals surface area contributed by atoms with Gasteiger partial charge in [-0.25, -0.2) is 0 Å². The predicted octanol–water partition coefficient (Wildman–Crippen LogP) is 1.82. The molecule has 20 heavy (non-hydrogen) atoms. The molecule has 2 aromatic rings. The Morgan fingerprint density at radius 3 is 2.90 bits per heavy atom. The molecule has 0 radical (unpaired) electrons. The van der Waals surface area contributed by atoms with Crippen LogP contribution in [0.15, 0.2) is 34.2 Å². The minimum atomic E-state index is -0.318. The Balaban J connectivity index is 2.54. The molecular weight excluding hydrogens is 294 g/mol. The van der Waals surface area contributed by atoms with E-state index in [9.17, 15) is 9.90 Å². The van der Waals surface area contributed by atoms with E-state index < -0.39 is 0 Å². The molecule has 0 saturated carbocycles. The number of aryl methyl sites for hydroxylation is 1. The van der Waals surface area contributed by atoms with Gasteiger partial charge in [-0.1, -0.05) is 36.1 Å². The van der Waals surface area contributed by atoms with Crippen molar-refractivity contribution < 1.29 is 5.11 Å². The lowest BCUT2D eigenvalue weighted by Gasteiger charge is -2.09. The molecule has 2 rings (SSSR count). The summed E-state index contributed by atoms with van der Waals surface area (Å²) in [5.74, 6) is -0.0793. The average Bonchev–Trinajstić information content (AvgIpc) is 2.48. The zero-order valence-electron chi connectivity index (χ0n) is 11.0. The molecule has 0 fully saturated rings. The van der Waals surface area contributed by atoms with Crippen molar-refractivity contribution in [1.29, 1.82) is 0 Å². The standard InChI is InChI=1S/C13H13N3O2S2/c1-16-10-6-4-3-5-8(10)11(17)9(12(16)18)7-14-15-13(19)20-2/h3-7,17H,1-2H3,(H,15,19)/b14-7+. The molecule has 0 aliphatic rings. The molecule has 104 valence electrons. The second kappa shape index (κ2) is 6.06. The molecule has 1 aromatic heterocycles. The van der Waals surface area contributed by atoms with E-state index in [1.807, 2.05) is 12.3 Å². The number of aromatic hydroxyl groups is 1. The molecule has 7 heteroatoms. The van der Waals surface area contributed by atoms with E-state index in [2.05, 4.69) is 10.5 Å². The Labute approximate surface area is 125 Å². The van der Waals surface area contributed by atoms with E-state index in [0.29, 0.717) is 15.2 Å². The number of rotatable bonds is 2. The van der Waals surface area contributed by atoms with Crippen LogP contribution in [0.2, 0.25) is 0 Å². The highest BCUT2D eigenvalue weighted by Crippen LogP contribution is 2.24. The van der Waals surface area contributed by atoms with Gasteiger partial charge in [0, 0.05) is 12.4 Å². The average molecular weight is 307 g/mol. The maximum atomic E-state index is 12.2. The first-order valence-electron chi connectivity index (χ1n) is 5.74. The summed E-state index contributed by atoms with van der Waals surface area (Å²) in [5.41, 5.74) is 3.08. The van der Waals surface area contributed by atoms with Gasteiger partial charge in [0.2, 0.25) is 0 Å². The first-order chi connectivity index (χ1) is 9.56. The monoisotopic (exact) mass is 307 g/mol. The van der Waals surface area contributed by atoms with E-state index in [0.717, 1.165) is 0 Å². The van der Waals surface area contributed by atoms with Gasteiger partial charge in [-0.05, 0) is 18.4 Å². The van der Waals surface area contributed by atoms with E-state index >= 15 is 0 Å². The molecule has 5 nitrogen and oxygen atoms in total. The van der Waals surface area contributed by atoms with Crippen LogP contribution in [0.4, 0.5) is 0 Å². The molecular formula is C13H13N3O2S2. The highest BCUT2D eigenvalue weighted by Gasteiger charge is 2.12. The Morgan fingerprint density at radius 2 is 2.20 bits per heavy atom. The van der Waals surface area contributed by atoms with Gasteiger partial charge in [0.05, 0.1) is 11.7 Å². The molecule has 1 aromatic carbocycles. The van der Waals surface area contributed by atoms with E-state index in [1.165, 1.54) is 22.5 Å². The summed E-state index contributed by atoms with van der Waals surface area (Å²) in [6.07, 6.45) is 3.10. The third-order valence-electron chi connectivity index (χ3n) is 2.85. The fraction of sp³-hybridized carbons (Fsp3) is 0.154. The fourth-order valence-electron chi connectivity index (χ4n) is 1.81. The van der Waals surface area contributed by atoms with Crippen molar-refractivity contribution in [3.8, 4) is 5.75 Å². The minimum Gasteiger partial charge on any atom is -0.506 e. The van der Waals surface area contributed by atoms with Crippen LogP contribution < -0.4 is 11.0 Å². The number of hydrogen-bond acceptors (Lipinski definition) is 5. The number of thioether (sulfide) groups is 1. The molecule has 0 aliphatic carbocycles. The Bertz CT molecular complexity index is 753. The third kappa shape index (κ3) is 2.68. The van der Waals surface area contributed by atoms with Crippen molar-refractivity contribution in [3.63, 3.8) is 0 Å². The lowest BCUT2D eigenvalue weighted by Crippen LogP contribution is -2.22. The van der Waals surface area contributed by atoms with Gasteiger partial charge in [0.15, 0.2) is 4.32 Å². The van der Waals surface area contributed by atoms with Gasteiger partial charge in [0.25, 0.3) is 5.56 Å². The van der Waals surface area contributed by atoms with Crippen LogP contribution in [0.3, 0.4) is 0 Å². The van der Waals surface area contributed by atoms with Crippen molar-refractivity contribution in [3.05, 3.63) is 40.2 Å². The van der Waals surface area contributed by atoms with E-state index in [-0.39, 0.29) is 16.9 Å². The third-order valence-corrected chi connectivity index (χ3v) is 3.90. The number of nitrogens with zero attached hydrogens (tertiary/aromatic N) is 2. The molecule has 0 spiro atoms. The van der Waals surface area contributed by atoms with Crippen LogP contribution in [-0.2, 0) is 7.05 Å². The zero-order valence-corrected chi connectivity index (χ0v) is 12.6. The van der Waals surface area contributed by atoms with Crippen LogP contribution in [0.5, 0.6) is 5.75 Å². The maximum absolute atomic E-state index is 12.2. The normalized spacial score (nSPS) is 11.1. The predicted molar refractivity (Wildman–Crippen MR) is 87.7 cm³/mol. The van der Waals surface area contributed by atoms with Crippen LogP contribution in [0, 0.1) is 0 Å². The Hall–Kier alpha value is -1.86. The summed E-state index contributed by atoms with van der Waals surface area (Å²) in [6, 6.07) is 7.14. The Kier molecular flexibility index (Phi) is 4.41. The molecule has 0 saturated heterocycles. The van der Waals surface area contributed by atoms with Crippen LogP contribution in [0.1, 0.15) is 5.56 Å². The first-order valence-corrected chi connectivity index (χ1v) is 7.37. The number of thiocarbonyl (C=S) groups is 1. The summed E-state index contributed by atoms with van der Waals surface area (Å²) < 4.78 is 1.96. The summed E-state index contributed by atoms with van der Waals surface area (Å²) in [7, 11) is 1.65. The molecule has 0 amide bonds. The summed E-state index contributed by atoms with van der Waals surface area (Å²) >= 11 is 6.27. The van der Waals surface area contributed by atoms with Gasteiger partial charge in [-0.15, -0.1) is 0 Å². The Morgan fingerprint density at radius 1 is 1.50 bits per heavy atom. The topological polar surface area (TPSA) is 66.6 Å². The first kappa shape index (κ1) is 14.5. The van der Waals surface area contributed by atoms with Crippen molar-refractivity contribution in [2.45, 2.75) is 0 Å². The SMILES string of the molecule is CSC(=S)N/N=C/c1c(O)c2ccccc2n(C)c1=O.